The van der Waals surface area contributed by atoms with Crippen LogP contribution in [0.4, 0.5) is 0 Å². The molecule has 1 fully saturated rings. The minimum atomic E-state index is 0.708. The predicted octanol–water partition coefficient (Wildman–Crippen LogP) is 2.61. The molecule has 11 heavy (non-hydrogen) atoms. The highest BCUT2D eigenvalue weighted by Gasteiger charge is 2.20. The SMILES string of the molecule is C=CN1CCCC1SCSC. The summed E-state index contributed by atoms with van der Waals surface area (Å²) >= 11 is 3.94. The van der Waals surface area contributed by atoms with Gasteiger partial charge in [-0.25, -0.2) is 0 Å². The lowest BCUT2D eigenvalue weighted by Crippen LogP contribution is -2.20. The molecular weight excluding hydrogens is 174 g/mol. The summed E-state index contributed by atoms with van der Waals surface area (Å²) in [5.74, 6) is 0. The minimum absolute atomic E-state index is 0.708. The van der Waals surface area contributed by atoms with E-state index < -0.39 is 0 Å². The van der Waals surface area contributed by atoms with Crippen molar-refractivity contribution in [2.24, 2.45) is 0 Å². The van der Waals surface area contributed by atoms with Gasteiger partial charge < -0.3 is 4.90 Å². The Morgan fingerprint density at radius 2 is 2.55 bits per heavy atom. The summed E-state index contributed by atoms with van der Waals surface area (Å²) in [6.07, 6.45) is 6.79. The fraction of sp³-hybridized carbons (Fsp3) is 0.750. The second kappa shape index (κ2) is 4.99. The van der Waals surface area contributed by atoms with Gasteiger partial charge in [0.2, 0.25) is 0 Å². The lowest BCUT2D eigenvalue weighted by molar-refractivity contribution is 0.441. The Kier molecular flexibility index (Phi) is 4.23. The molecule has 0 aliphatic carbocycles. The van der Waals surface area contributed by atoms with Crippen molar-refractivity contribution in [3.63, 3.8) is 0 Å². The maximum absolute atomic E-state index is 3.81. The minimum Gasteiger partial charge on any atom is -0.366 e. The van der Waals surface area contributed by atoms with Gasteiger partial charge in [0.25, 0.3) is 0 Å². The monoisotopic (exact) mass is 189 g/mol. The quantitative estimate of drug-likeness (QED) is 0.626. The van der Waals surface area contributed by atoms with Crippen LogP contribution in [0.15, 0.2) is 12.8 Å². The molecule has 0 amide bonds. The summed E-state index contributed by atoms with van der Waals surface area (Å²) < 4.78 is 0. The van der Waals surface area contributed by atoms with Crippen molar-refractivity contribution >= 4 is 23.5 Å². The largest absolute Gasteiger partial charge is 0.366 e. The van der Waals surface area contributed by atoms with Gasteiger partial charge in [0.1, 0.15) is 0 Å². The Morgan fingerprint density at radius 3 is 3.18 bits per heavy atom. The lowest BCUT2D eigenvalue weighted by Gasteiger charge is -2.20. The first-order valence-electron chi connectivity index (χ1n) is 3.87. The van der Waals surface area contributed by atoms with Gasteiger partial charge >= 0.3 is 0 Å². The average Bonchev–Trinajstić information content (AvgIpc) is 2.47. The fourth-order valence-corrected chi connectivity index (χ4v) is 3.18. The molecule has 1 rings (SSSR count). The van der Waals surface area contributed by atoms with Crippen LogP contribution in [0.3, 0.4) is 0 Å². The highest BCUT2D eigenvalue weighted by Crippen LogP contribution is 2.28. The standard InChI is InChI=1S/C8H15NS2/c1-3-9-6-4-5-8(9)11-7-10-2/h3,8H,1,4-7H2,2H3. The smallest absolute Gasteiger partial charge is 0.0754 e. The predicted molar refractivity (Wildman–Crippen MR) is 55.9 cm³/mol. The first-order valence-corrected chi connectivity index (χ1v) is 6.31. The van der Waals surface area contributed by atoms with Crippen LogP contribution >= 0.6 is 23.5 Å². The van der Waals surface area contributed by atoms with E-state index in [2.05, 4.69) is 17.7 Å². The van der Waals surface area contributed by atoms with Crippen LogP contribution in [0, 0.1) is 0 Å². The summed E-state index contributed by atoms with van der Waals surface area (Å²) in [6, 6.07) is 0. The molecule has 0 aromatic carbocycles. The maximum atomic E-state index is 3.81. The zero-order valence-electron chi connectivity index (χ0n) is 6.95. The molecule has 0 saturated carbocycles. The van der Waals surface area contributed by atoms with E-state index in [-0.39, 0.29) is 0 Å². The van der Waals surface area contributed by atoms with Crippen LogP contribution in [0.2, 0.25) is 0 Å². The van der Waals surface area contributed by atoms with E-state index in [1.807, 2.05) is 29.7 Å². The first kappa shape index (κ1) is 9.33. The van der Waals surface area contributed by atoms with Gasteiger partial charge in [0.15, 0.2) is 0 Å². The van der Waals surface area contributed by atoms with Gasteiger partial charge in [-0.2, -0.15) is 11.8 Å². The Hall–Kier alpha value is 0.240. The van der Waals surface area contributed by atoms with Gasteiger partial charge in [0.05, 0.1) is 5.37 Å². The number of hydrogen-bond acceptors (Lipinski definition) is 3. The summed E-state index contributed by atoms with van der Waals surface area (Å²) in [6.45, 7) is 5.01. The molecule has 1 aliphatic heterocycles. The number of nitrogens with zero attached hydrogens (tertiary/aromatic N) is 1. The van der Waals surface area contributed by atoms with Crippen LogP contribution in [0.1, 0.15) is 12.8 Å². The molecular formula is C8H15NS2. The van der Waals surface area contributed by atoms with Crippen molar-refractivity contribution in [2.45, 2.75) is 18.2 Å². The van der Waals surface area contributed by atoms with Gasteiger partial charge in [0, 0.05) is 11.6 Å². The van der Waals surface area contributed by atoms with Crippen molar-refractivity contribution in [1.29, 1.82) is 0 Å². The van der Waals surface area contributed by atoms with Crippen LogP contribution in [-0.2, 0) is 0 Å². The van der Waals surface area contributed by atoms with Gasteiger partial charge in [-0.3, -0.25) is 0 Å². The third-order valence-electron chi connectivity index (χ3n) is 1.85. The Labute approximate surface area is 77.6 Å². The Balaban J connectivity index is 2.25. The van der Waals surface area contributed by atoms with Crippen molar-refractivity contribution in [1.82, 2.24) is 4.90 Å². The molecule has 0 spiro atoms. The molecule has 0 aromatic rings. The summed E-state index contributed by atoms with van der Waals surface area (Å²) in [5.41, 5.74) is 0. The number of hydrogen-bond donors (Lipinski definition) is 0. The molecule has 1 saturated heterocycles. The normalized spacial score (nSPS) is 24.1. The Bertz CT molecular complexity index is 127. The topological polar surface area (TPSA) is 3.24 Å². The molecule has 0 radical (unpaired) electrons. The second-order valence-corrected chi connectivity index (χ2v) is 4.99. The van der Waals surface area contributed by atoms with E-state index in [4.69, 9.17) is 0 Å². The summed E-state index contributed by atoms with van der Waals surface area (Å²) in [5, 5.41) is 1.91. The van der Waals surface area contributed by atoms with Crippen LogP contribution in [0.5, 0.6) is 0 Å². The molecule has 1 heterocycles. The van der Waals surface area contributed by atoms with E-state index in [1.54, 1.807) is 0 Å². The van der Waals surface area contributed by atoms with E-state index in [1.165, 1.54) is 24.5 Å². The number of rotatable bonds is 4. The zero-order chi connectivity index (χ0) is 8.10. The van der Waals surface area contributed by atoms with Gasteiger partial charge in [-0.05, 0) is 25.3 Å². The van der Waals surface area contributed by atoms with E-state index >= 15 is 0 Å². The zero-order valence-corrected chi connectivity index (χ0v) is 8.59. The molecule has 1 aliphatic rings. The average molecular weight is 189 g/mol. The molecule has 64 valence electrons. The van der Waals surface area contributed by atoms with Crippen molar-refractivity contribution in [3.05, 3.63) is 12.8 Å². The lowest BCUT2D eigenvalue weighted by atomic mass is 10.4. The van der Waals surface area contributed by atoms with Gasteiger partial charge in [-0.1, -0.05) is 6.58 Å². The molecule has 3 heteroatoms. The van der Waals surface area contributed by atoms with Crippen molar-refractivity contribution in [2.75, 3.05) is 17.9 Å². The van der Waals surface area contributed by atoms with E-state index in [0.29, 0.717) is 5.37 Å². The number of likely N-dealkylation sites (tertiary alicyclic amines) is 1. The number of thioether (sulfide) groups is 2. The van der Waals surface area contributed by atoms with Crippen molar-refractivity contribution < 1.29 is 0 Å². The van der Waals surface area contributed by atoms with Crippen LogP contribution < -0.4 is 0 Å². The summed E-state index contributed by atoms with van der Waals surface area (Å²) in [7, 11) is 0. The highest BCUT2D eigenvalue weighted by molar-refractivity contribution is 8.15. The Morgan fingerprint density at radius 1 is 1.73 bits per heavy atom. The molecule has 1 nitrogen and oxygen atoms in total. The molecule has 0 bridgehead atoms. The molecule has 0 aromatic heterocycles. The third-order valence-corrected chi connectivity index (χ3v) is 4.23. The van der Waals surface area contributed by atoms with Crippen molar-refractivity contribution in [3.8, 4) is 0 Å². The molecule has 1 atom stereocenters. The van der Waals surface area contributed by atoms with Crippen LogP contribution in [-0.4, -0.2) is 28.2 Å². The van der Waals surface area contributed by atoms with E-state index in [9.17, 15) is 0 Å². The van der Waals surface area contributed by atoms with Gasteiger partial charge in [-0.15, -0.1) is 11.8 Å². The third kappa shape index (κ3) is 2.64. The molecule has 1 unspecified atom stereocenters. The summed E-state index contributed by atoms with van der Waals surface area (Å²) in [4.78, 5) is 2.35. The highest BCUT2D eigenvalue weighted by atomic mass is 32.2. The maximum Gasteiger partial charge on any atom is 0.0754 e. The fourth-order valence-electron chi connectivity index (χ4n) is 1.29. The van der Waals surface area contributed by atoms with E-state index in [0.717, 1.165) is 0 Å². The van der Waals surface area contributed by atoms with Crippen LogP contribution in [0.25, 0.3) is 0 Å². The first-order chi connectivity index (χ1) is 5.38. The second-order valence-electron chi connectivity index (χ2n) is 2.59. The molecule has 0 N–H and O–H groups in total.